The van der Waals surface area contributed by atoms with Crippen LogP contribution >= 0.6 is 0 Å². The SMILES string of the molecule is Cc1cc(=O)oc2cc(C34CCC(C5=C(C(=O)O)N6C(=O)[C@H]([C@@H](C)O)[C@H]6[C@H]5C)(CC3)CO4)ccc12. The van der Waals surface area contributed by atoms with Gasteiger partial charge in [0.15, 0.2) is 0 Å². The monoisotopic (exact) mass is 479 g/mol. The van der Waals surface area contributed by atoms with E-state index in [-0.39, 0.29) is 29.2 Å². The second kappa shape index (κ2) is 7.27. The highest BCUT2D eigenvalue weighted by atomic mass is 16.5. The standard InChI is InChI=1S/C27H29NO7/c1-13-10-19(30)35-18-11-16(4-5-17(13)18)27-8-6-26(7-9-27,12-34-27)21-14(2)22-20(15(3)29)24(31)28(22)23(21)25(32)33/h4-5,10-11,14-15,20,22,29H,6-9,12H2,1-3H3,(H,32,33)/t14-,15+,20+,22+,26?,27?/m0/s1. The van der Waals surface area contributed by atoms with Crippen molar-refractivity contribution in [2.75, 3.05) is 6.61 Å². The third kappa shape index (κ3) is 2.90. The number of aryl methyl sites for hydroxylation is 1. The highest BCUT2D eigenvalue weighted by molar-refractivity contribution is 6.00. The Morgan fingerprint density at radius 1 is 1.17 bits per heavy atom. The van der Waals surface area contributed by atoms with Crippen LogP contribution in [0.3, 0.4) is 0 Å². The van der Waals surface area contributed by atoms with E-state index in [2.05, 4.69) is 0 Å². The zero-order valence-electron chi connectivity index (χ0n) is 20.0. The summed E-state index contributed by atoms with van der Waals surface area (Å²) in [6, 6.07) is 7.07. The summed E-state index contributed by atoms with van der Waals surface area (Å²) in [5.41, 5.74) is 1.91. The molecular formula is C27H29NO7. The van der Waals surface area contributed by atoms with E-state index in [0.717, 1.165) is 34.9 Å². The number of aliphatic hydroxyl groups is 1. The van der Waals surface area contributed by atoms with Crippen molar-refractivity contribution < 1.29 is 29.0 Å². The second-order valence-electron chi connectivity index (χ2n) is 10.8. The van der Waals surface area contributed by atoms with Crippen LogP contribution in [0.4, 0.5) is 0 Å². The molecule has 7 rings (SSSR count). The number of aliphatic carboxylic acids is 1. The van der Waals surface area contributed by atoms with Gasteiger partial charge >= 0.3 is 11.6 Å². The average molecular weight is 480 g/mol. The van der Waals surface area contributed by atoms with Crippen LogP contribution in [-0.2, 0) is 19.9 Å². The maximum Gasteiger partial charge on any atom is 0.352 e. The van der Waals surface area contributed by atoms with Crippen molar-refractivity contribution in [1.82, 2.24) is 4.90 Å². The normalized spacial score (nSPS) is 34.8. The van der Waals surface area contributed by atoms with Crippen molar-refractivity contribution in [2.24, 2.45) is 17.3 Å². The smallest absolute Gasteiger partial charge is 0.352 e. The number of carboxylic acid groups (broad SMARTS) is 1. The lowest BCUT2D eigenvalue weighted by Crippen LogP contribution is -2.63. The summed E-state index contributed by atoms with van der Waals surface area (Å²) in [5, 5.41) is 21.2. The number of amides is 1. The van der Waals surface area contributed by atoms with E-state index in [1.54, 1.807) is 6.92 Å². The summed E-state index contributed by atoms with van der Waals surface area (Å²) in [6.45, 7) is 5.82. The highest BCUT2D eigenvalue weighted by Gasteiger charge is 2.64. The first-order valence-electron chi connectivity index (χ1n) is 12.3. The van der Waals surface area contributed by atoms with E-state index >= 15 is 0 Å². The number of hydrogen-bond donors (Lipinski definition) is 2. The molecule has 4 aliphatic heterocycles. The number of hydrogen-bond acceptors (Lipinski definition) is 6. The molecule has 5 aliphatic rings. The number of nitrogens with zero attached hydrogens (tertiary/aromatic N) is 1. The van der Waals surface area contributed by atoms with Gasteiger partial charge in [0.1, 0.15) is 11.3 Å². The van der Waals surface area contributed by atoms with Crippen LogP contribution in [-0.4, -0.2) is 45.7 Å². The molecule has 1 aromatic heterocycles. The zero-order valence-corrected chi connectivity index (χ0v) is 20.0. The molecule has 2 N–H and O–H groups in total. The van der Waals surface area contributed by atoms with Gasteiger partial charge < -0.3 is 24.3 Å². The number of carboxylic acids is 1. The number of carbonyl (C=O) groups is 2. The minimum Gasteiger partial charge on any atom is -0.477 e. The fourth-order valence-corrected chi connectivity index (χ4v) is 7.31. The molecule has 2 aromatic rings. The van der Waals surface area contributed by atoms with Gasteiger partial charge in [-0.2, -0.15) is 0 Å². The molecule has 2 bridgehead atoms. The zero-order chi connectivity index (χ0) is 24.9. The van der Waals surface area contributed by atoms with Crippen molar-refractivity contribution in [3.63, 3.8) is 0 Å². The van der Waals surface area contributed by atoms with Crippen molar-refractivity contribution in [3.05, 3.63) is 57.1 Å². The number of β-lactam (4-membered cyclic amide) rings is 1. The van der Waals surface area contributed by atoms with E-state index in [9.17, 15) is 24.6 Å². The van der Waals surface area contributed by atoms with Gasteiger partial charge in [-0.25, -0.2) is 9.59 Å². The molecule has 1 amide bonds. The van der Waals surface area contributed by atoms with E-state index in [0.29, 0.717) is 25.0 Å². The van der Waals surface area contributed by atoms with Gasteiger partial charge in [-0.05, 0) is 62.3 Å². The predicted octanol–water partition coefficient (Wildman–Crippen LogP) is 3.08. The molecule has 3 saturated heterocycles. The van der Waals surface area contributed by atoms with Gasteiger partial charge in [-0.1, -0.05) is 19.1 Å². The first-order valence-corrected chi connectivity index (χ1v) is 12.3. The maximum absolute atomic E-state index is 12.8. The molecule has 184 valence electrons. The fraction of sp³-hybridized carbons (Fsp3) is 0.519. The molecule has 1 aliphatic carbocycles. The topological polar surface area (TPSA) is 117 Å². The summed E-state index contributed by atoms with van der Waals surface area (Å²) in [4.78, 5) is 38.4. The van der Waals surface area contributed by atoms with Crippen molar-refractivity contribution in [2.45, 2.75) is 64.2 Å². The predicted molar refractivity (Wildman–Crippen MR) is 125 cm³/mol. The summed E-state index contributed by atoms with van der Waals surface area (Å²) < 4.78 is 12.0. The van der Waals surface area contributed by atoms with E-state index in [1.165, 1.54) is 11.0 Å². The Balaban J connectivity index is 1.35. The number of carbonyl (C=O) groups excluding carboxylic acids is 1. The van der Waals surface area contributed by atoms with Crippen LogP contribution in [0.5, 0.6) is 0 Å². The minimum atomic E-state index is -1.09. The summed E-state index contributed by atoms with van der Waals surface area (Å²) in [7, 11) is 0. The van der Waals surface area contributed by atoms with Gasteiger partial charge in [0.25, 0.3) is 0 Å². The minimum absolute atomic E-state index is 0.0883. The third-order valence-corrected chi connectivity index (χ3v) is 9.06. The van der Waals surface area contributed by atoms with E-state index in [1.807, 2.05) is 32.0 Å². The molecule has 35 heavy (non-hydrogen) atoms. The average Bonchev–Trinajstić information content (AvgIpc) is 3.08. The van der Waals surface area contributed by atoms with Crippen LogP contribution in [0, 0.1) is 24.2 Å². The Hall–Kier alpha value is -2.97. The van der Waals surface area contributed by atoms with Gasteiger partial charge in [0.2, 0.25) is 5.91 Å². The molecule has 1 saturated carbocycles. The van der Waals surface area contributed by atoms with Crippen LogP contribution in [0.25, 0.3) is 11.0 Å². The van der Waals surface area contributed by atoms with Crippen LogP contribution in [0.1, 0.15) is 50.7 Å². The van der Waals surface area contributed by atoms with Crippen LogP contribution in [0.2, 0.25) is 0 Å². The second-order valence-corrected chi connectivity index (χ2v) is 10.8. The molecule has 4 fully saturated rings. The van der Waals surface area contributed by atoms with Crippen LogP contribution in [0.15, 0.2) is 44.7 Å². The maximum atomic E-state index is 12.8. The number of fused-ring (bicyclic) bond motifs is 5. The Kier molecular flexibility index (Phi) is 4.67. The Morgan fingerprint density at radius 3 is 2.49 bits per heavy atom. The largest absolute Gasteiger partial charge is 0.477 e. The lowest BCUT2D eigenvalue weighted by Gasteiger charge is -2.55. The van der Waals surface area contributed by atoms with Crippen LogP contribution < -0.4 is 5.63 Å². The quantitative estimate of drug-likeness (QED) is 0.511. The fourth-order valence-electron chi connectivity index (χ4n) is 7.31. The number of rotatable bonds is 4. The Labute approximate surface area is 202 Å². The number of ether oxygens (including phenoxy) is 1. The molecule has 1 aromatic carbocycles. The summed E-state index contributed by atoms with van der Waals surface area (Å²) in [5.74, 6) is -2.14. The lowest BCUT2D eigenvalue weighted by atomic mass is 9.58. The molecule has 0 unspecified atom stereocenters. The Bertz CT molecular complexity index is 1340. The summed E-state index contributed by atoms with van der Waals surface area (Å²) in [6.07, 6.45) is 2.07. The van der Waals surface area contributed by atoms with E-state index < -0.39 is 29.0 Å². The molecule has 4 atom stereocenters. The van der Waals surface area contributed by atoms with Crippen molar-refractivity contribution >= 4 is 22.8 Å². The lowest BCUT2D eigenvalue weighted by molar-refractivity contribution is -0.179. The van der Waals surface area contributed by atoms with Crippen molar-refractivity contribution in [3.8, 4) is 0 Å². The van der Waals surface area contributed by atoms with Gasteiger partial charge in [-0.15, -0.1) is 0 Å². The molecular weight excluding hydrogens is 450 g/mol. The highest BCUT2D eigenvalue weighted by Crippen LogP contribution is 2.62. The molecule has 5 heterocycles. The van der Waals surface area contributed by atoms with Gasteiger partial charge in [0.05, 0.1) is 30.3 Å². The Morgan fingerprint density at radius 2 is 1.89 bits per heavy atom. The molecule has 0 spiro atoms. The van der Waals surface area contributed by atoms with Gasteiger partial charge in [-0.3, -0.25) is 4.79 Å². The van der Waals surface area contributed by atoms with E-state index in [4.69, 9.17) is 9.15 Å². The number of aliphatic hydroxyl groups excluding tert-OH is 1. The third-order valence-electron chi connectivity index (χ3n) is 9.06. The molecule has 8 nitrogen and oxygen atoms in total. The molecule has 8 heteroatoms. The molecule has 0 radical (unpaired) electrons. The van der Waals surface area contributed by atoms with Crippen molar-refractivity contribution in [1.29, 1.82) is 0 Å². The number of benzene rings is 1. The van der Waals surface area contributed by atoms with Gasteiger partial charge in [0, 0.05) is 22.8 Å². The summed E-state index contributed by atoms with van der Waals surface area (Å²) >= 11 is 0. The first-order chi connectivity index (χ1) is 16.6. The first kappa shape index (κ1) is 22.5.